The van der Waals surface area contributed by atoms with Gasteiger partial charge in [0.1, 0.15) is 12.5 Å². The predicted octanol–water partition coefficient (Wildman–Crippen LogP) is 4.20. The number of hydrazone groups is 1. The highest BCUT2D eigenvalue weighted by molar-refractivity contribution is 6.75. The van der Waals surface area contributed by atoms with Crippen LogP contribution in [0.4, 0.5) is 0 Å². The minimum Gasteiger partial charge on any atom is -0.304 e. The molecule has 0 bridgehead atoms. The standard InChI is InChI=1S/C9H14Cl5N3/c1-3-5-7-16(6-15-17(7)4-2)9(13,14)8(10,11)12/h6-7H,3-5H2,1-2H3. The maximum Gasteiger partial charge on any atom is 0.241 e. The summed E-state index contributed by atoms with van der Waals surface area (Å²) in [5.74, 6) is 0. The normalized spacial score (nSPS) is 21.5. The molecule has 8 heteroatoms. The summed E-state index contributed by atoms with van der Waals surface area (Å²) in [4.78, 5) is 1.58. The lowest BCUT2D eigenvalue weighted by Crippen LogP contribution is -2.54. The van der Waals surface area contributed by atoms with Crippen molar-refractivity contribution in [2.24, 2.45) is 5.10 Å². The summed E-state index contributed by atoms with van der Waals surface area (Å²) < 4.78 is -3.47. The van der Waals surface area contributed by atoms with Crippen molar-refractivity contribution in [1.82, 2.24) is 9.91 Å². The molecule has 1 aliphatic heterocycles. The fourth-order valence-electron chi connectivity index (χ4n) is 1.66. The molecule has 100 valence electrons. The molecule has 1 unspecified atom stereocenters. The highest BCUT2D eigenvalue weighted by atomic mass is 35.6. The van der Waals surface area contributed by atoms with Crippen molar-refractivity contribution in [2.45, 2.75) is 41.1 Å². The smallest absolute Gasteiger partial charge is 0.241 e. The molecule has 0 aromatic heterocycles. The SMILES string of the molecule is CCCC1N(CC)N=CN1C(Cl)(Cl)C(Cl)(Cl)Cl. The van der Waals surface area contributed by atoms with Crippen molar-refractivity contribution in [3.8, 4) is 0 Å². The molecule has 1 rings (SSSR count). The van der Waals surface area contributed by atoms with Crippen molar-refractivity contribution in [3.63, 3.8) is 0 Å². The van der Waals surface area contributed by atoms with Crippen LogP contribution >= 0.6 is 58.0 Å². The Bertz CT molecular complexity index is 289. The summed E-state index contributed by atoms with van der Waals surface area (Å²) in [7, 11) is 0. The fraction of sp³-hybridized carbons (Fsp3) is 0.889. The second kappa shape index (κ2) is 5.79. The van der Waals surface area contributed by atoms with E-state index in [0.717, 1.165) is 19.4 Å². The number of nitrogens with zero attached hydrogens (tertiary/aromatic N) is 3. The van der Waals surface area contributed by atoms with Crippen LogP contribution in [-0.4, -0.2) is 37.2 Å². The molecule has 0 spiro atoms. The zero-order valence-corrected chi connectivity index (χ0v) is 13.3. The molecule has 0 radical (unpaired) electrons. The number of rotatable bonds is 4. The Morgan fingerprint density at radius 2 is 1.76 bits per heavy atom. The van der Waals surface area contributed by atoms with Gasteiger partial charge in [0.25, 0.3) is 0 Å². The van der Waals surface area contributed by atoms with Crippen LogP contribution in [0.2, 0.25) is 0 Å². The van der Waals surface area contributed by atoms with E-state index >= 15 is 0 Å². The Balaban J connectivity index is 2.93. The van der Waals surface area contributed by atoms with Gasteiger partial charge in [-0.3, -0.25) is 5.01 Å². The van der Waals surface area contributed by atoms with Gasteiger partial charge in [-0.1, -0.05) is 71.3 Å². The number of hydrogen-bond acceptors (Lipinski definition) is 3. The van der Waals surface area contributed by atoms with Crippen molar-refractivity contribution in [1.29, 1.82) is 0 Å². The number of hydrogen-bond donors (Lipinski definition) is 0. The maximum absolute atomic E-state index is 6.15. The molecular formula is C9H14Cl5N3. The molecule has 0 saturated carbocycles. The second-order valence-electron chi connectivity index (χ2n) is 3.70. The van der Waals surface area contributed by atoms with Crippen LogP contribution in [0.5, 0.6) is 0 Å². The topological polar surface area (TPSA) is 18.8 Å². The van der Waals surface area contributed by atoms with E-state index in [0.29, 0.717) is 0 Å². The van der Waals surface area contributed by atoms with E-state index in [-0.39, 0.29) is 6.17 Å². The van der Waals surface area contributed by atoms with Crippen molar-refractivity contribution >= 4 is 64.3 Å². The maximum atomic E-state index is 6.15. The lowest BCUT2D eigenvalue weighted by atomic mass is 10.2. The number of halogens is 5. The van der Waals surface area contributed by atoms with Crippen LogP contribution in [0.25, 0.3) is 0 Å². The van der Waals surface area contributed by atoms with Crippen molar-refractivity contribution < 1.29 is 0 Å². The van der Waals surface area contributed by atoms with Crippen LogP contribution in [0, 0.1) is 0 Å². The molecule has 0 fully saturated rings. The van der Waals surface area contributed by atoms with Crippen molar-refractivity contribution in [2.75, 3.05) is 6.54 Å². The van der Waals surface area contributed by atoms with Crippen LogP contribution in [0.1, 0.15) is 26.7 Å². The van der Waals surface area contributed by atoms with Gasteiger partial charge < -0.3 is 4.90 Å². The van der Waals surface area contributed by atoms with Gasteiger partial charge in [-0.05, 0) is 13.3 Å². The summed E-state index contributed by atoms with van der Waals surface area (Å²) >= 11 is 29.7. The van der Waals surface area contributed by atoms with Gasteiger partial charge in [0.05, 0.1) is 0 Å². The average Bonchev–Trinajstić information content (AvgIpc) is 2.60. The Kier molecular flexibility index (Phi) is 5.37. The molecule has 0 aromatic rings. The van der Waals surface area contributed by atoms with E-state index in [4.69, 9.17) is 58.0 Å². The van der Waals surface area contributed by atoms with Gasteiger partial charge in [0.15, 0.2) is 0 Å². The average molecular weight is 341 g/mol. The minimum absolute atomic E-state index is 0.0874. The lowest BCUT2D eigenvalue weighted by molar-refractivity contribution is 0.110. The molecule has 3 nitrogen and oxygen atoms in total. The first-order valence-electron chi connectivity index (χ1n) is 5.29. The Hall–Kier alpha value is 0.720. The molecular weight excluding hydrogens is 327 g/mol. The van der Waals surface area contributed by atoms with E-state index < -0.39 is 8.25 Å². The van der Waals surface area contributed by atoms with E-state index in [2.05, 4.69) is 12.0 Å². The second-order valence-corrected chi connectivity index (χ2v) is 7.27. The van der Waals surface area contributed by atoms with E-state index in [1.54, 1.807) is 4.90 Å². The van der Waals surface area contributed by atoms with E-state index in [1.807, 2.05) is 11.9 Å². The van der Waals surface area contributed by atoms with Gasteiger partial charge >= 0.3 is 0 Å². The first-order valence-corrected chi connectivity index (χ1v) is 7.18. The molecule has 0 aliphatic carbocycles. The van der Waals surface area contributed by atoms with Crippen LogP contribution in [0.3, 0.4) is 0 Å². The molecule has 0 N–H and O–H groups in total. The summed E-state index contributed by atoms with van der Waals surface area (Å²) in [6.45, 7) is 4.79. The highest BCUT2D eigenvalue weighted by Crippen LogP contribution is 2.49. The first-order chi connectivity index (χ1) is 7.75. The van der Waals surface area contributed by atoms with Gasteiger partial charge in [-0.2, -0.15) is 5.10 Å². The Morgan fingerprint density at radius 3 is 2.18 bits per heavy atom. The van der Waals surface area contributed by atoms with E-state index in [1.165, 1.54) is 6.34 Å². The zero-order chi connectivity index (χ0) is 13.3. The summed E-state index contributed by atoms with van der Waals surface area (Å²) in [6, 6.07) is 0. The molecule has 1 atom stereocenters. The monoisotopic (exact) mass is 339 g/mol. The van der Waals surface area contributed by atoms with E-state index in [9.17, 15) is 0 Å². The minimum atomic E-state index is -1.82. The summed E-state index contributed by atoms with van der Waals surface area (Å²) in [5, 5.41) is 6.07. The van der Waals surface area contributed by atoms with Gasteiger partial charge in [-0.15, -0.1) is 0 Å². The third kappa shape index (κ3) is 3.19. The van der Waals surface area contributed by atoms with Crippen LogP contribution in [0.15, 0.2) is 5.10 Å². The van der Waals surface area contributed by atoms with Crippen molar-refractivity contribution in [3.05, 3.63) is 0 Å². The third-order valence-electron chi connectivity index (χ3n) is 2.53. The Labute approximate surface area is 127 Å². The fourth-order valence-corrected chi connectivity index (χ4v) is 2.27. The molecule has 1 aliphatic rings. The molecule has 17 heavy (non-hydrogen) atoms. The molecule has 0 saturated heterocycles. The quantitative estimate of drug-likeness (QED) is 0.564. The van der Waals surface area contributed by atoms with Gasteiger partial charge in [0.2, 0.25) is 8.25 Å². The largest absolute Gasteiger partial charge is 0.304 e. The molecule has 0 amide bonds. The van der Waals surface area contributed by atoms with Gasteiger partial charge in [-0.25, -0.2) is 0 Å². The summed E-state index contributed by atoms with van der Waals surface area (Å²) in [5.41, 5.74) is 0. The van der Waals surface area contributed by atoms with Gasteiger partial charge in [0, 0.05) is 6.54 Å². The third-order valence-corrected chi connectivity index (χ3v) is 4.88. The Morgan fingerprint density at radius 1 is 1.18 bits per heavy atom. The molecule has 1 heterocycles. The zero-order valence-electron chi connectivity index (χ0n) is 9.51. The highest BCUT2D eigenvalue weighted by Gasteiger charge is 2.53. The first kappa shape index (κ1) is 15.8. The summed E-state index contributed by atoms with van der Waals surface area (Å²) in [6.07, 6.45) is 3.21. The lowest BCUT2D eigenvalue weighted by Gasteiger charge is -2.40. The van der Waals surface area contributed by atoms with Crippen LogP contribution in [-0.2, 0) is 0 Å². The predicted molar refractivity (Wildman–Crippen MR) is 76.1 cm³/mol. The van der Waals surface area contributed by atoms with Crippen LogP contribution < -0.4 is 0 Å². The molecule has 0 aromatic carbocycles. The number of alkyl halides is 5.